The smallest absolute Gasteiger partial charge is 0.216 e. The van der Waals surface area contributed by atoms with Crippen LogP contribution < -0.4 is 5.32 Å². The SMILES string of the molecule is C=C(c1ccccc1)c1ccc(NC=C(C#N)c2nn[nH]n2)cc1. The lowest BCUT2D eigenvalue weighted by molar-refractivity contribution is 0.881. The minimum atomic E-state index is 0.249. The molecular weight excluding hydrogens is 300 g/mol. The van der Waals surface area contributed by atoms with Gasteiger partial charge in [-0.3, -0.25) is 0 Å². The fourth-order valence-electron chi connectivity index (χ4n) is 2.15. The maximum atomic E-state index is 9.13. The molecule has 1 aromatic heterocycles. The van der Waals surface area contributed by atoms with E-state index in [4.69, 9.17) is 5.26 Å². The number of nitriles is 1. The van der Waals surface area contributed by atoms with Gasteiger partial charge in [-0.25, -0.2) is 0 Å². The van der Waals surface area contributed by atoms with Crippen LogP contribution in [0.3, 0.4) is 0 Å². The third kappa shape index (κ3) is 3.36. The molecule has 0 atom stereocenters. The van der Waals surface area contributed by atoms with E-state index >= 15 is 0 Å². The number of H-pyrrole nitrogens is 1. The molecule has 0 bridgehead atoms. The van der Waals surface area contributed by atoms with Crippen LogP contribution in [0.25, 0.3) is 11.1 Å². The summed E-state index contributed by atoms with van der Waals surface area (Å²) in [6.45, 7) is 4.14. The Balaban J connectivity index is 1.73. The molecular formula is C18H14N6. The molecule has 0 unspecified atom stereocenters. The van der Waals surface area contributed by atoms with Crippen LogP contribution in [0, 0.1) is 11.3 Å². The van der Waals surface area contributed by atoms with Crippen molar-refractivity contribution in [2.45, 2.75) is 0 Å². The number of nitrogens with zero attached hydrogens (tertiary/aromatic N) is 4. The largest absolute Gasteiger partial charge is 0.360 e. The second-order valence-electron chi connectivity index (χ2n) is 4.97. The first kappa shape index (κ1) is 15.2. The Labute approximate surface area is 139 Å². The number of rotatable bonds is 5. The standard InChI is InChI=1S/C18H14N6/c1-13(14-5-3-2-4-6-14)15-7-9-17(10-8-15)20-12-16(11-19)18-21-23-24-22-18/h2-10,12,20H,1H2,(H,21,22,23,24). The zero-order chi connectivity index (χ0) is 16.8. The molecule has 0 aliphatic rings. The van der Waals surface area contributed by atoms with Crippen molar-refractivity contribution in [2.75, 3.05) is 5.32 Å². The Morgan fingerprint density at radius 3 is 2.42 bits per heavy atom. The average molecular weight is 314 g/mol. The Hall–Kier alpha value is -3.72. The second kappa shape index (κ2) is 7.03. The van der Waals surface area contributed by atoms with Gasteiger partial charge in [0.2, 0.25) is 5.82 Å². The fraction of sp³-hybridized carbons (Fsp3) is 0. The number of aromatic nitrogens is 4. The maximum Gasteiger partial charge on any atom is 0.216 e. The topological polar surface area (TPSA) is 90.3 Å². The fourth-order valence-corrected chi connectivity index (χ4v) is 2.15. The first-order valence-corrected chi connectivity index (χ1v) is 7.23. The summed E-state index contributed by atoms with van der Waals surface area (Å²) in [5.41, 5.74) is 4.22. The van der Waals surface area contributed by atoms with Crippen molar-refractivity contribution < 1.29 is 0 Å². The summed E-state index contributed by atoms with van der Waals surface area (Å²) in [6, 6.07) is 19.8. The number of nitrogens with one attached hydrogen (secondary N) is 2. The summed E-state index contributed by atoms with van der Waals surface area (Å²) in [5.74, 6) is 0.249. The highest BCUT2D eigenvalue weighted by atomic mass is 15.5. The van der Waals surface area contributed by atoms with Crippen molar-refractivity contribution in [1.29, 1.82) is 5.26 Å². The van der Waals surface area contributed by atoms with Gasteiger partial charge in [-0.15, -0.1) is 10.2 Å². The van der Waals surface area contributed by atoms with Crippen LogP contribution in [-0.4, -0.2) is 20.6 Å². The van der Waals surface area contributed by atoms with E-state index in [2.05, 4.69) is 32.5 Å². The van der Waals surface area contributed by atoms with Gasteiger partial charge in [-0.05, 0) is 34.0 Å². The molecule has 3 rings (SSSR count). The number of hydrogen-bond acceptors (Lipinski definition) is 5. The summed E-state index contributed by atoms with van der Waals surface area (Å²) in [4.78, 5) is 0. The van der Waals surface area contributed by atoms with Gasteiger partial charge in [0.25, 0.3) is 0 Å². The van der Waals surface area contributed by atoms with Crippen LogP contribution in [-0.2, 0) is 0 Å². The zero-order valence-corrected chi connectivity index (χ0v) is 12.8. The molecule has 0 amide bonds. The van der Waals surface area contributed by atoms with Crippen molar-refractivity contribution in [2.24, 2.45) is 0 Å². The predicted molar refractivity (Wildman–Crippen MR) is 92.4 cm³/mol. The molecule has 2 N–H and O–H groups in total. The lowest BCUT2D eigenvalue weighted by Crippen LogP contribution is -1.93. The zero-order valence-electron chi connectivity index (χ0n) is 12.8. The van der Waals surface area contributed by atoms with E-state index in [1.54, 1.807) is 6.20 Å². The molecule has 6 heteroatoms. The molecule has 6 nitrogen and oxygen atoms in total. The molecule has 0 spiro atoms. The lowest BCUT2D eigenvalue weighted by Gasteiger charge is -2.08. The molecule has 0 saturated carbocycles. The Kier molecular flexibility index (Phi) is 4.45. The predicted octanol–water partition coefficient (Wildman–Crippen LogP) is 3.24. The van der Waals surface area contributed by atoms with Gasteiger partial charge < -0.3 is 5.32 Å². The summed E-state index contributed by atoms with van der Waals surface area (Å²) < 4.78 is 0. The monoisotopic (exact) mass is 314 g/mol. The van der Waals surface area contributed by atoms with E-state index in [9.17, 15) is 0 Å². The van der Waals surface area contributed by atoms with E-state index in [1.165, 1.54) is 0 Å². The quantitative estimate of drug-likeness (QED) is 0.706. The maximum absolute atomic E-state index is 9.13. The second-order valence-corrected chi connectivity index (χ2v) is 4.97. The molecule has 24 heavy (non-hydrogen) atoms. The highest BCUT2D eigenvalue weighted by molar-refractivity contribution is 5.79. The summed E-state index contributed by atoms with van der Waals surface area (Å²) in [6.07, 6.45) is 1.55. The van der Waals surface area contributed by atoms with Crippen molar-refractivity contribution >= 4 is 16.8 Å². The molecule has 3 aromatic rings. The van der Waals surface area contributed by atoms with Gasteiger partial charge >= 0.3 is 0 Å². The first-order valence-electron chi connectivity index (χ1n) is 7.23. The van der Waals surface area contributed by atoms with Gasteiger partial charge in [0.1, 0.15) is 11.6 Å². The molecule has 0 fully saturated rings. The number of hydrogen-bond donors (Lipinski definition) is 2. The molecule has 0 aliphatic heterocycles. The van der Waals surface area contributed by atoms with Crippen molar-refractivity contribution in [3.05, 3.63) is 84.3 Å². The summed E-state index contributed by atoms with van der Waals surface area (Å²) >= 11 is 0. The van der Waals surface area contributed by atoms with Gasteiger partial charge in [-0.2, -0.15) is 10.5 Å². The van der Waals surface area contributed by atoms with E-state index in [0.717, 1.165) is 22.4 Å². The van der Waals surface area contributed by atoms with Crippen LogP contribution in [0.4, 0.5) is 5.69 Å². The molecule has 2 aromatic carbocycles. The Bertz CT molecular complexity index is 887. The average Bonchev–Trinajstić information content (AvgIpc) is 3.17. The van der Waals surface area contributed by atoms with Crippen molar-refractivity contribution in [1.82, 2.24) is 20.6 Å². The molecule has 116 valence electrons. The first-order chi connectivity index (χ1) is 11.8. The van der Waals surface area contributed by atoms with Crippen molar-refractivity contribution in [3.8, 4) is 6.07 Å². The third-order valence-corrected chi connectivity index (χ3v) is 3.45. The molecule has 1 heterocycles. The van der Waals surface area contributed by atoms with Crippen LogP contribution in [0.2, 0.25) is 0 Å². The van der Waals surface area contributed by atoms with Gasteiger partial charge in [0.15, 0.2) is 0 Å². The van der Waals surface area contributed by atoms with Gasteiger partial charge in [-0.1, -0.05) is 49.0 Å². The van der Waals surface area contributed by atoms with E-state index in [1.807, 2.05) is 60.7 Å². The van der Waals surface area contributed by atoms with Crippen LogP contribution in [0.5, 0.6) is 0 Å². The summed E-state index contributed by atoms with van der Waals surface area (Å²) in [5, 5.41) is 25.5. The minimum absolute atomic E-state index is 0.249. The number of anilines is 1. The third-order valence-electron chi connectivity index (χ3n) is 3.45. The molecule has 0 aliphatic carbocycles. The highest BCUT2D eigenvalue weighted by Gasteiger charge is 2.05. The van der Waals surface area contributed by atoms with E-state index < -0.39 is 0 Å². The van der Waals surface area contributed by atoms with Crippen molar-refractivity contribution in [3.63, 3.8) is 0 Å². The van der Waals surface area contributed by atoms with Crippen LogP contribution >= 0.6 is 0 Å². The van der Waals surface area contributed by atoms with Gasteiger partial charge in [0, 0.05) is 11.9 Å². The number of aromatic amines is 1. The summed E-state index contributed by atoms with van der Waals surface area (Å²) in [7, 11) is 0. The number of benzene rings is 2. The molecule has 0 radical (unpaired) electrons. The minimum Gasteiger partial charge on any atom is -0.360 e. The van der Waals surface area contributed by atoms with E-state index in [0.29, 0.717) is 5.57 Å². The Morgan fingerprint density at radius 1 is 1.08 bits per heavy atom. The lowest BCUT2D eigenvalue weighted by atomic mass is 9.99. The Morgan fingerprint density at radius 2 is 1.79 bits per heavy atom. The number of tetrazole rings is 1. The normalized spacial score (nSPS) is 10.9. The number of allylic oxidation sites excluding steroid dienone is 1. The van der Waals surface area contributed by atoms with Crippen LogP contribution in [0.1, 0.15) is 17.0 Å². The van der Waals surface area contributed by atoms with E-state index in [-0.39, 0.29) is 5.82 Å². The molecule has 0 saturated heterocycles. The highest BCUT2D eigenvalue weighted by Crippen LogP contribution is 2.23. The van der Waals surface area contributed by atoms with Crippen LogP contribution in [0.15, 0.2) is 67.4 Å². The van der Waals surface area contributed by atoms with Gasteiger partial charge in [0.05, 0.1) is 0 Å².